The van der Waals surface area contributed by atoms with Gasteiger partial charge in [-0.3, -0.25) is 14.5 Å². The van der Waals surface area contributed by atoms with Crippen molar-refractivity contribution in [1.29, 1.82) is 0 Å². The summed E-state index contributed by atoms with van der Waals surface area (Å²) in [6.07, 6.45) is 1.77. The van der Waals surface area contributed by atoms with Gasteiger partial charge in [0, 0.05) is 18.7 Å². The van der Waals surface area contributed by atoms with Gasteiger partial charge in [0.1, 0.15) is 11.0 Å². The number of amides is 2. The van der Waals surface area contributed by atoms with Gasteiger partial charge in [-0.05, 0) is 54.8 Å². The molecule has 3 aromatic carbocycles. The van der Waals surface area contributed by atoms with Crippen LogP contribution in [0.1, 0.15) is 18.4 Å². The maximum atomic E-state index is 13.2. The molecule has 3 aromatic rings. The van der Waals surface area contributed by atoms with Crippen LogP contribution in [0.4, 0.5) is 11.4 Å². The topological polar surface area (TPSA) is 71.0 Å². The van der Waals surface area contributed by atoms with Crippen LogP contribution >= 0.6 is 11.8 Å². The highest BCUT2D eigenvalue weighted by molar-refractivity contribution is 8.15. The highest BCUT2D eigenvalue weighted by Gasteiger charge is 2.38. The monoisotopic (exact) mass is 473 g/mol. The number of carbonyl (C=O) groups excluding carboxylic acids is 2. The zero-order chi connectivity index (χ0) is 23.8. The Morgan fingerprint density at radius 2 is 1.68 bits per heavy atom. The molecule has 174 valence electrons. The molecule has 1 heterocycles. The highest BCUT2D eigenvalue weighted by Crippen LogP contribution is 2.32. The Hall–Kier alpha value is -3.58. The van der Waals surface area contributed by atoms with Gasteiger partial charge in [0.25, 0.3) is 0 Å². The summed E-state index contributed by atoms with van der Waals surface area (Å²) in [5, 5.41) is 3.01. The molecule has 6 nitrogen and oxygen atoms in total. The van der Waals surface area contributed by atoms with Crippen molar-refractivity contribution in [2.24, 2.45) is 4.99 Å². The maximum Gasteiger partial charge on any atom is 0.242 e. The fourth-order valence-corrected chi connectivity index (χ4v) is 4.87. The Balaban J connectivity index is 1.43. The molecule has 4 rings (SSSR count). The largest absolute Gasteiger partial charge is 0.497 e. The van der Waals surface area contributed by atoms with Crippen LogP contribution in [0, 0.1) is 0 Å². The van der Waals surface area contributed by atoms with E-state index in [1.807, 2.05) is 48.5 Å². The lowest BCUT2D eigenvalue weighted by Crippen LogP contribution is -2.34. The van der Waals surface area contributed by atoms with Crippen LogP contribution < -0.4 is 10.1 Å². The first kappa shape index (κ1) is 23.6. The van der Waals surface area contributed by atoms with Crippen LogP contribution in [0.25, 0.3) is 0 Å². The Bertz CT molecular complexity index is 1130. The van der Waals surface area contributed by atoms with Crippen molar-refractivity contribution in [3.05, 3.63) is 90.5 Å². The fraction of sp³-hybridized carbons (Fsp3) is 0.222. The van der Waals surface area contributed by atoms with Gasteiger partial charge in [-0.15, -0.1) is 0 Å². The van der Waals surface area contributed by atoms with Crippen molar-refractivity contribution in [1.82, 2.24) is 4.90 Å². The number of thioether (sulfide) groups is 1. The van der Waals surface area contributed by atoms with E-state index in [1.54, 1.807) is 36.3 Å². The summed E-state index contributed by atoms with van der Waals surface area (Å²) in [7, 11) is 1.59. The van der Waals surface area contributed by atoms with E-state index >= 15 is 0 Å². The molecule has 1 N–H and O–H groups in total. The number of nitrogens with one attached hydrogen (secondary N) is 1. The third kappa shape index (κ3) is 6.26. The number of aliphatic imine (C=N–C) groups is 1. The summed E-state index contributed by atoms with van der Waals surface area (Å²) in [4.78, 5) is 32.4. The summed E-state index contributed by atoms with van der Waals surface area (Å²) in [6, 6.07) is 26.9. The van der Waals surface area contributed by atoms with Crippen molar-refractivity contribution in [3.63, 3.8) is 0 Å². The molecule has 0 radical (unpaired) electrons. The van der Waals surface area contributed by atoms with E-state index in [-0.39, 0.29) is 18.2 Å². The molecular weight excluding hydrogens is 446 g/mol. The first-order valence-electron chi connectivity index (χ1n) is 11.2. The lowest BCUT2D eigenvalue weighted by Gasteiger charge is -2.16. The summed E-state index contributed by atoms with van der Waals surface area (Å²) in [6.45, 7) is 0.559. The quantitative estimate of drug-likeness (QED) is 0.459. The maximum absolute atomic E-state index is 13.2. The molecule has 0 aliphatic carbocycles. The lowest BCUT2D eigenvalue weighted by atomic mass is 10.1. The van der Waals surface area contributed by atoms with Crippen molar-refractivity contribution < 1.29 is 14.3 Å². The summed E-state index contributed by atoms with van der Waals surface area (Å²) in [5.41, 5.74) is 2.69. The number of benzene rings is 3. The average Bonchev–Trinajstić information content (AvgIpc) is 3.14. The third-order valence-corrected chi connectivity index (χ3v) is 6.61. The van der Waals surface area contributed by atoms with Gasteiger partial charge in [-0.25, -0.2) is 4.99 Å². The van der Waals surface area contributed by atoms with E-state index < -0.39 is 5.25 Å². The summed E-state index contributed by atoms with van der Waals surface area (Å²) in [5.74, 6) is 0.436. The number of para-hydroxylation sites is 1. The summed E-state index contributed by atoms with van der Waals surface area (Å²) < 4.78 is 5.15. The molecule has 0 spiro atoms. The molecule has 1 fully saturated rings. The lowest BCUT2D eigenvalue weighted by molar-refractivity contribution is -0.128. The van der Waals surface area contributed by atoms with Crippen LogP contribution in [0.5, 0.6) is 5.75 Å². The molecule has 0 aromatic heterocycles. The van der Waals surface area contributed by atoms with Crippen molar-refractivity contribution in [3.8, 4) is 5.75 Å². The Kier molecular flexibility index (Phi) is 7.99. The minimum absolute atomic E-state index is 0.0716. The standard InChI is InChI=1S/C27H27N3O3S/c1-33-23-16-14-22(15-17-23)28-25(31)19-24-26(32)30(18-8-11-20-9-4-2-5-10-20)27(34-24)29-21-12-6-3-7-13-21/h2-7,9-10,12-17,24H,8,11,18-19H2,1H3,(H,28,31). The molecular formula is C27H27N3O3S. The van der Waals surface area contributed by atoms with E-state index in [4.69, 9.17) is 9.73 Å². The normalized spacial score (nSPS) is 16.6. The molecule has 7 heteroatoms. The molecule has 0 bridgehead atoms. The van der Waals surface area contributed by atoms with Gasteiger partial charge >= 0.3 is 0 Å². The second-order valence-electron chi connectivity index (χ2n) is 7.90. The highest BCUT2D eigenvalue weighted by atomic mass is 32.2. The van der Waals surface area contributed by atoms with Crippen LogP contribution in [0.3, 0.4) is 0 Å². The number of rotatable bonds is 9. The van der Waals surface area contributed by atoms with E-state index in [2.05, 4.69) is 17.4 Å². The number of hydrogen-bond acceptors (Lipinski definition) is 5. The molecule has 1 atom stereocenters. The van der Waals surface area contributed by atoms with Crippen LogP contribution in [-0.4, -0.2) is 40.8 Å². The second kappa shape index (κ2) is 11.5. The van der Waals surface area contributed by atoms with Gasteiger partial charge in [-0.2, -0.15) is 0 Å². The molecule has 1 aliphatic heterocycles. The Labute approximate surface area is 204 Å². The minimum atomic E-state index is -0.502. The predicted octanol–water partition coefficient (Wildman–Crippen LogP) is 5.29. The molecule has 0 saturated carbocycles. The molecule has 34 heavy (non-hydrogen) atoms. The van der Waals surface area contributed by atoms with Gasteiger partial charge in [-0.1, -0.05) is 60.3 Å². The van der Waals surface area contributed by atoms with E-state index in [0.29, 0.717) is 23.1 Å². The smallest absolute Gasteiger partial charge is 0.242 e. The van der Waals surface area contributed by atoms with Crippen molar-refractivity contribution >= 4 is 40.1 Å². The zero-order valence-electron chi connectivity index (χ0n) is 19.0. The van der Waals surface area contributed by atoms with Gasteiger partial charge in [0.15, 0.2) is 5.17 Å². The molecule has 1 aliphatic rings. The second-order valence-corrected chi connectivity index (χ2v) is 9.07. The Morgan fingerprint density at radius 3 is 2.35 bits per heavy atom. The summed E-state index contributed by atoms with van der Waals surface area (Å²) >= 11 is 1.36. The van der Waals surface area contributed by atoms with Gasteiger partial charge < -0.3 is 10.1 Å². The molecule has 1 saturated heterocycles. The number of hydrogen-bond donors (Lipinski definition) is 1. The number of nitrogens with zero attached hydrogens (tertiary/aromatic N) is 2. The number of carbonyl (C=O) groups is 2. The predicted molar refractivity (Wildman–Crippen MR) is 138 cm³/mol. The zero-order valence-corrected chi connectivity index (χ0v) is 19.8. The minimum Gasteiger partial charge on any atom is -0.497 e. The van der Waals surface area contributed by atoms with E-state index in [1.165, 1.54) is 17.3 Å². The third-order valence-electron chi connectivity index (χ3n) is 5.44. The Morgan fingerprint density at radius 1 is 1.00 bits per heavy atom. The first-order chi connectivity index (χ1) is 16.6. The van der Waals surface area contributed by atoms with Crippen LogP contribution in [0.2, 0.25) is 0 Å². The van der Waals surface area contributed by atoms with E-state index in [9.17, 15) is 9.59 Å². The van der Waals surface area contributed by atoms with E-state index in [0.717, 1.165) is 18.5 Å². The van der Waals surface area contributed by atoms with Gasteiger partial charge in [0.05, 0.1) is 12.8 Å². The number of aryl methyl sites for hydroxylation is 1. The number of ether oxygens (including phenoxy) is 1. The molecule has 2 amide bonds. The van der Waals surface area contributed by atoms with Crippen molar-refractivity contribution in [2.75, 3.05) is 19.0 Å². The first-order valence-corrected chi connectivity index (χ1v) is 12.1. The number of amidine groups is 1. The SMILES string of the molecule is COc1ccc(NC(=O)CC2SC(=Nc3ccccc3)N(CCCc3ccccc3)C2=O)cc1. The van der Waals surface area contributed by atoms with Crippen LogP contribution in [0.15, 0.2) is 89.9 Å². The van der Waals surface area contributed by atoms with Gasteiger partial charge in [0.2, 0.25) is 11.8 Å². The van der Waals surface area contributed by atoms with Crippen LogP contribution in [-0.2, 0) is 16.0 Å². The fourth-order valence-electron chi connectivity index (χ4n) is 3.68. The average molecular weight is 474 g/mol. The number of methoxy groups -OCH3 is 1. The molecule has 1 unspecified atom stereocenters. The van der Waals surface area contributed by atoms with Crippen molar-refractivity contribution in [2.45, 2.75) is 24.5 Å². The number of anilines is 1.